The Kier molecular flexibility index (Phi) is 5.41. The van der Waals surface area contributed by atoms with Crippen LogP contribution in [-0.4, -0.2) is 67.3 Å². The van der Waals surface area contributed by atoms with Crippen molar-refractivity contribution < 1.29 is 28.8 Å². The van der Waals surface area contributed by atoms with Crippen LogP contribution in [0.25, 0.3) is 11.0 Å². The monoisotopic (exact) mass is 533 g/mol. The van der Waals surface area contributed by atoms with E-state index < -0.39 is 42.0 Å². The Labute approximate surface area is 186 Å². The fraction of sp³-hybridized carbons (Fsp3) is 0.667. The quantitative estimate of drug-likeness (QED) is 0.571. The van der Waals surface area contributed by atoms with Crippen LogP contribution in [0.3, 0.4) is 0 Å². The van der Waals surface area contributed by atoms with Crippen LogP contribution >= 0.6 is 22.6 Å². The topological polar surface area (TPSA) is 130 Å². The lowest BCUT2D eigenvalue weighted by Crippen LogP contribution is -2.31. The molecule has 4 heterocycles. The van der Waals surface area contributed by atoms with Gasteiger partial charge in [-0.1, -0.05) is 0 Å². The maximum Gasteiger partial charge on any atom is 0.413 e. The van der Waals surface area contributed by atoms with Gasteiger partial charge in [0.05, 0.1) is 12.0 Å². The number of halogens is 1. The molecule has 12 heteroatoms. The number of nitrogens with zero attached hydrogens (tertiary/aromatic N) is 4. The van der Waals surface area contributed by atoms with Crippen molar-refractivity contribution in [2.75, 3.05) is 11.9 Å². The lowest BCUT2D eigenvalue weighted by atomic mass is 10.1. The summed E-state index contributed by atoms with van der Waals surface area (Å²) in [6, 6.07) is 0. The van der Waals surface area contributed by atoms with Gasteiger partial charge in [-0.3, -0.25) is 5.32 Å². The number of amides is 1. The molecule has 2 fully saturated rings. The van der Waals surface area contributed by atoms with Gasteiger partial charge in [0.2, 0.25) is 0 Å². The van der Waals surface area contributed by atoms with Crippen LogP contribution in [0.1, 0.15) is 40.8 Å². The number of fused-ring (bicyclic) bond motifs is 2. The molecular weight excluding hydrogens is 509 g/mol. The molecule has 0 bridgehead atoms. The molecule has 0 saturated carbocycles. The zero-order valence-electron chi connectivity index (χ0n) is 17.2. The van der Waals surface area contributed by atoms with Crippen LogP contribution in [0, 0.1) is 3.70 Å². The summed E-state index contributed by atoms with van der Waals surface area (Å²) < 4.78 is 25.4. The highest BCUT2D eigenvalue weighted by Crippen LogP contribution is 2.44. The fourth-order valence-corrected chi connectivity index (χ4v) is 4.34. The molecule has 2 aliphatic heterocycles. The molecule has 0 aliphatic carbocycles. The third-order valence-electron chi connectivity index (χ3n) is 4.61. The molecule has 0 radical (unpaired) electrons. The van der Waals surface area contributed by atoms with Crippen LogP contribution in [0.2, 0.25) is 0 Å². The van der Waals surface area contributed by atoms with E-state index >= 15 is 0 Å². The smallest absolute Gasteiger partial charge is 0.413 e. The number of anilines is 1. The van der Waals surface area contributed by atoms with Crippen molar-refractivity contribution >= 4 is 45.5 Å². The summed E-state index contributed by atoms with van der Waals surface area (Å²) in [7, 11) is 0. The Morgan fingerprint density at radius 3 is 2.70 bits per heavy atom. The molecule has 1 amide bonds. The molecule has 2 saturated heterocycles. The van der Waals surface area contributed by atoms with Crippen molar-refractivity contribution in [2.24, 2.45) is 0 Å². The van der Waals surface area contributed by atoms with E-state index in [4.69, 9.17) is 18.9 Å². The first kappa shape index (κ1) is 21.6. The van der Waals surface area contributed by atoms with Gasteiger partial charge in [-0.25, -0.2) is 19.4 Å². The van der Waals surface area contributed by atoms with Crippen molar-refractivity contribution in [1.29, 1.82) is 0 Å². The molecule has 0 spiro atoms. The van der Waals surface area contributed by atoms with E-state index in [0.29, 0.717) is 14.7 Å². The van der Waals surface area contributed by atoms with Gasteiger partial charge in [-0.15, -0.1) is 0 Å². The van der Waals surface area contributed by atoms with Gasteiger partial charge < -0.3 is 24.1 Å². The summed E-state index contributed by atoms with van der Waals surface area (Å²) >= 11 is 2.05. The van der Waals surface area contributed by atoms with Gasteiger partial charge in [0, 0.05) is 0 Å². The maximum absolute atomic E-state index is 12.2. The normalized spacial score (nSPS) is 28.0. The van der Waals surface area contributed by atoms with Crippen LogP contribution < -0.4 is 5.32 Å². The minimum Gasteiger partial charge on any atom is -0.444 e. The molecule has 4 atom stereocenters. The average Bonchev–Trinajstić information content (AvgIpc) is 3.22. The van der Waals surface area contributed by atoms with Gasteiger partial charge in [0.1, 0.15) is 33.9 Å². The summed E-state index contributed by atoms with van der Waals surface area (Å²) in [5, 5.41) is 17.5. The summed E-state index contributed by atoms with van der Waals surface area (Å²) in [4.78, 5) is 20.8. The highest BCUT2D eigenvalue weighted by molar-refractivity contribution is 14.1. The number of rotatable bonds is 3. The van der Waals surface area contributed by atoms with E-state index in [-0.39, 0.29) is 12.4 Å². The van der Waals surface area contributed by atoms with E-state index in [1.54, 1.807) is 25.5 Å². The third kappa shape index (κ3) is 3.98. The van der Waals surface area contributed by atoms with E-state index in [1.165, 1.54) is 6.33 Å². The third-order valence-corrected chi connectivity index (χ3v) is 5.37. The highest BCUT2D eigenvalue weighted by atomic mass is 127. The number of carbonyl (C=O) groups excluding carboxylic acids is 1. The lowest BCUT2D eigenvalue weighted by molar-refractivity contribution is -0.201. The lowest BCUT2D eigenvalue weighted by Gasteiger charge is -2.23. The second-order valence-electron chi connectivity index (χ2n) is 8.60. The predicted molar refractivity (Wildman–Crippen MR) is 113 cm³/mol. The molecule has 164 valence electrons. The first-order valence-electron chi connectivity index (χ1n) is 9.50. The molecular formula is C18H24IN5O6. The van der Waals surface area contributed by atoms with E-state index in [1.807, 2.05) is 36.4 Å². The van der Waals surface area contributed by atoms with Crippen molar-refractivity contribution in [1.82, 2.24) is 19.7 Å². The van der Waals surface area contributed by atoms with Gasteiger partial charge in [-0.05, 0) is 57.2 Å². The highest BCUT2D eigenvalue weighted by Gasteiger charge is 2.56. The Bertz CT molecular complexity index is 974. The Balaban J connectivity index is 1.69. The number of hydrogen-bond donors (Lipinski definition) is 2. The summed E-state index contributed by atoms with van der Waals surface area (Å²) in [6.45, 7) is 8.75. The number of carbonyl (C=O) groups is 1. The van der Waals surface area contributed by atoms with Gasteiger partial charge >= 0.3 is 6.09 Å². The minimum absolute atomic E-state index is 0.214. The van der Waals surface area contributed by atoms with Crippen molar-refractivity contribution in [3.05, 3.63) is 10.0 Å². The standard InChI is InChI=1S/C18H24IN5O6/c1-17(2,3)30-16(26)22-13-9-12(19)23-24(14(9)21-7-20-13)15-11-10(8(6-25)27-15)28-18(4,5)29-11/h7-8,10-11,15,25H,6H2,1-5H3,(H,20,21,22,26)/t8-,10-,11-,15-/m1/s1. The van der Waals surface area contributed by atoms with E-state index in [9.17, 15) is 9.90 Å². The second-order valence-corrected chi connectivity index (χ2v) is 9.62. The van der Waals surface area contributed by atoms with Crippen molar-refractivity contribution in [3.8, 4) is 0 Å². The van der Waals surface area contributed by atoms with Crippen LogP contribution in [0.15, 0.2) is 6.33 Å². The summed E-state index contributed by atoms with van der Waals surface area (Å²) in [5.41, 5.74) is -0.192. The summed E-state index contributed by atoms with van der Waals surface area (Å²) in [6.07, 6.45) is -1.43. The molecule has 2 aromatic heterocycles. The van der Waals surface area contributed by atoms with Crippen molar-refractivity contribution in [2.45, 2.75) is 70.5 Å². The Hall–Kier alpha value is -1.61. The van der Waals surface area contributed by atoms with Crippen LogP contribution in [0.5, 0.6) is 0 Å². The Morgan fingerprint density at radius 2 is 2.03 bits per heavy atom. The average molecular weight is 533 g/mol. The maximum atomic E-state index is 12.2. The molecule has 0 unspecified atom stereocenters. The van der Waals surface area contributed by atoms with E-state index in [0.717, 1.165) is 0 Å². The van der Waals surface area contributed by atoms with Crippen LogP contribution in [0.4, 0.5) is 10.6 Å². The molecule has 2 aromatic rings. The number of aliphatic hydroxyl groups is 1. The van der Waals surface area contributed by atoms with Gasteiger partial charge in [0.15, 0.2) is 23.5 Å². The summed E-state index contributed by atoms with van der Waals surface area (Å²) in [5.74, 6) is -0.527. The molecule has 2 N–H and O–H groups in total. The van der Waals surface area contributed by atoms with Crippen molar-refractivity contribution in [3.63, 3.8) is 0 Å². The molecule has 11 nitrogen and oxygen atoms in total. The SMILES string of the molecule is CC(C)(C)OC(=O)Nc1ncnc2c1c(I)nn2[C@@H]1O[C@H](CO)[C@H]2OC(C)(C)O[C@H]21. The fourth-order valence-electron chi connectivity index (χ4n) is 3.61. The first-order valence-corrected chi connectivity index (χ1v) is 10.6. The number of ether oxygens (including phenoxy) is 4. The van der Waals surface area contributed by atoms with Crippen LogP contribution in [-0.2, 0) is 18.9 Å². The zero-order valence-corrected chi connectivity index (χ0v) is 19.4. The second kappa shape index (κ2) is 7.51. The molecule has 30 heavy (non-hydrogen) atoms. The number of aliphatic hydroxyl groups excluding tert-OH is 1. The minimum atomic E-state index is -0.806. The van der Waals surface area contributed by atoms with E-state index in [2.05, 4.69) is 20.4 Å². The first-order chi connectivity index (χ1) is 14.0. The number of aromatic nitrogens is 4. The molecule has 2 aliphatic rings. The molecule has 4 rings (SSSR count). The zero-order chi connectivity index (χ0) is 21.8. The largest absolute Gasteiger partial charge is 0.444 e. The predicted octanol–water partition coefficient (Wildman–Crippen LogP) is 2.19. The molecule has 0 aromatic carbocycles. The number of nitrogens with one attached hydrogen (secondary N) is 1. The Morgan fingerprint density at radius 1 is 1.33 bits per heavy atom. The van der Waals surface area contributed by atoms with Gasteiger partial charge in [-0.2, -0.15) is 5.10 Å². The van der Waals surface area contributed by atoms with Gasteiger partial charge in [0.25, 0.3) is 0 Å². The number of hydrogen-bond acceptors (Lipinski definition) is 9.